The Labute approximate surface area is 130 Å². The van der Waals surface area contributed by atoms with Crippen molar-refractivity contribution in [2.24, 2.45) is 0 Å². The van der Waals surface area contributed by atoms with Crippen molar-refractivity contribution < 1.29 is 9.36 Å². The molecule has 22 heavy (non-hydrogen) atoms. The average molecular weight is 291 g/mol. The monoisotopic (exact) mass is 291 g/mol. The Morgan fingerprint density at radius 3 is 2.68 bits per heavy atom. The maximum Gasteiger partial charge on any atom is 0.222 e. The molecule has 6 rings (SSSR count). The quantitative estimate of drug-likeness (QED) is 0.740. The minimum atomic E-state index is 0.324. The Kier molecular flexibility index (Phi) is 2.49. The number of rotatable bonds is 1. The molecule has 3 heteroatoms. The number of hydrogen-bond donors (Lipinski definition) is 0. The van der Waals surface area contributed by atoms with Gasteiger partial charge in [0.2, 0.25) is 5.91 Å². The molecule has 0 saturated carbocycles. The maximum atomic E-state index is 12.3. The Hall–Kier alpha value is -2.16. The highest BCUT2D eigenvalue weighted by Gasteiger charge is 2.52. The minimum absolute atomic E-state index is 0.324. The smallest absolute Gasteiger partial charge is 0.222 e. The Morgan fingerprint density at radius 2 is 1.86 bits per heavy atom. The average Bonchev–Trinajstić information content (AvgIpc) is 3.01. The molecular weight excluding hydrogens is 272 g/mol. The van der Waals surface area contributed by atoms with Crippen LogP contribution in [0.4, 0.5) is 0 Å². The van der Waals surface area contributed by atoms with E-state index < -0.39 is 0 Å². The predicted molar refractivity (Wildman–Crippen MR) is 82.4 cm³/mol. The second-order valence-corrected chi connectivity index (χ2v) is 6.65. The van der Waals surface area contributed by atoms with Gasteiger partial charge in [-0.25, -0.2) is 0 Å². The third-order valence-electron chi connectivity index (χ3n) is 5.63. The fourth-order valence-electron chi connectivity index (χ4n) is 4.76. The number of pyridine rings is 1. The second-order valence-electron chi connectivity index (χ2n) is 6.65. The summed E-state index contributed by atoms with van der Waals surface area (Å²) in [7, 11) is 0. The molecule has 2 aromatic rings. The molecule has 1 fully saturated rings. The van der Waals surface area contributed by atoms with Crippen molar-refractivity contribution in [2.75, 3.05) is 6.54 Å². The van der Waals surface area contributed by atoms with Crippen LogP contribution < -0.4 is 4.57 Å². The normalized spacial score (nSPS) is 28.6. The number of carbonyl (C=O) groups is 1. The van der Waals surface area contributed by atoms with Crippen LogP contribution in [-0.4, -0.2) is 23.4 Å². The number of amides is 1. The van der Waals surface area contributed by atoms with Crippen molar-refractivity contribution in [3.8, 4) is 0 Å². The van der Waals surface area contributed by atoms with Crippen molar-refractivity contribution in [3.63, 3.8) is 0 Å². The van der Waals surface area contributed by atoms with Gasteiger partial charge in [0.25, 0.3) is 0 Å². The van der Waals surface area contributed by atoms with E-state index in [0.29, 0.717) is 23.9 Å². The minimum Gasteiger partial charge on any atom is -0.338 e. The van der Waals surface area contributed by atoms with Gasteiger partial charge in [0, 0.05) is 37.1 Å². The Morgan fingerprint density at radius 1 is 1.05 bits per heavy atom. The molecule has 0 N–H and O–H groups in total. The Bertz CT molecular complexity index is 722. The summed E-state index contributed by atoms with van der Waals surface area (Å²) in [5, 5.41) is 0. The first kappa shape index (κ1) is 12.4. The lowest BCUT2D eigenvalue weighted by atomic mass is 9.70. The second kappa shape index (κ2) is 4.42. The molecule has 1 aromatic heterocycles. The van der Waals surface area contributed by atoms with E-state index in [1.165, 1.54) is 16.8 Å². The van der Waals surface area contributed by atoms with Gasteiger partial charge < -0.3 is 4.90 Å². The van der Waals surface area contributed by atoms with Crippen LogP contribution in [0.25, 0.3) is 0 Å². The van der Waals surface area contributed by atoms with Crippen LogP contribution in [0.5, 0.6) is 0 Å². The van der Waals surface area contributed by atoms with Crippen molar-refractivity contribution >= 4 is 5.91 Å². The molecule has 0 spiro atoms. The summed E-state index contributed by atoms with van der Waals surface area (Å²) >= 11 is 0. The van der Waals surface area contributed by atoms with E-state index in [1.807, 2.05) is 0 Å². The third-order valence-corrected chi connectivity index (χ3v) is 5.63. The summed E-state index contributed by atoms with van der Waals surface area (Å²) in [4.78, 5) is 14.4. The highest BCUT2D eigenvalue weighted by Crippen LogP contribution is 2.47. The van der Waals surface area contributed by atoms with Gasteiger partial charge in [0.15, 0.2) is 17.9 Å². The van der Waals surface area contributed by atoms with Crippen LogP contribution in [0.3, 0.4) is 0 Å². The summed E-state index contributed by atoms with van der Waals surface area (Å²) < 4.78 is 2.42. The van der Waals surface area contributed by atoms with Crippen LogP contribution in [0.15, 0.2) is 48.7 Å². The van der Waals surface area contributed by atoms with Gasteiger partial charge in [0.1, 0.15) is 0 Å². The molecule has 4 heterocycles. The van der Waals surface area contributed by atoms with Crippen LogP contribution in [0, 0.1) is 0 Å². The zero-order valence-electron chi connectivity index (χ0n) is 12.5. The standard InChI is InChI=1S/C19H19N2O/c22-18-9-5-11-21(18)17-12-16-13-6-1-2-7-14(13)19(17)15-8-3-4-10-20(15)16/h1-4,6-8,10,16-17,19H,5,9,11-12H2/q+1/t16-,17+,19-/m0/s1. The first-order valence-corrected chi connectivity index (χ1v) is 8.23. The van der Waals surface area contributed by atoms with Crippen LogP contribution in [0.1, 0.15) is 48.0 Å². The lowest BCUT2D eigenvalue weighted by Gasteiger charge is -2.43. The van der Waals surface area contributed by atoms with Crippen molar-refractivity contribution in [1.29, 1.82) is 0 Å². The molecule has 2 bridgehead atoms. The zero-order chi connectivity index (χ0) is 14.7. The first-order chi connectivity index (χ1) is 10.8. The molecule has 1 aromatic carbocycles. The van der Waals surface area contributed by atoms with E-state index in [9.17, 15) is 4.79 Å². The number of hydrogen-bond acceptors (Lipinski definition) is 1. The maximum absolute atomic E-state index is 12.3. The van der Waals surface area contributed by atoms with Gasteiger partial charge in [-0.2, -0.15) is 4.57 Å². The molecule has 0 unspecified atom stereocenters. The van der Waals surface area contributed by atoms with Crippen molar-refractivity contribution in [3.05, 3.63) is 65.5 Å². The summed E-state index contributed by atoms with van der Waals surface area (Å²) in [6, 6.07) is 16.0. The van der Waals surface area contributed by atoms with Crippen molar-refractivity contribution in [2.45, 2.75) is 37.3 Å². The number of fused-ring (bicyclic) bond motifs is 1. The number of likely N-dealkylation sites (tertiary alicyclic amines) is 1. The van der Waals surface area contributed by atoms with Gasteiger partial charge in [-0.15, -0.1) is 0 Å². The Balaban J connectivity index is 1.70. The van der Waals surface area contributed by atoms with E-state index in [4.69, 9.17) is 0 Å². The molecule has 1 amide bonds. The lowest BCUT2D eigenvalue weighted by molar-refractivity contribution is -0.731. The largest absolute Gasteiger partial charge is 0.338 e. The highest BCUT2D eigenvalue weighted by atomic mass is 16.2. The van der Waals surface area contributed by atoms with Gasteiger partial charge >= 0.3 is 0 Å². The molecule has 3 aliphatic heterocycles. The molecular formula is C19H19N2O+. The number of nitrogens with zero attached hydrogens (tertiary/aromatic N) is 2. The molecule has 0 radical (unpaired) electrons. The van der Waals surface area contributed by atoms with Crippen LogP contribution >= 0.6 is 0 Å². The summed E-state index contributed by atoms with van der Waals surface area (Å²) in [5.41, 5.74) is 4.23. The lowest BCUT2D eigenvalue weighted by Crippen LogP contribution is -2.59. The van der Waals surface area contributed by atoms with E-state index >= 15 is 0 Å². The number of aromatic nitrogens is 1. The molecule has 110 valence electrons. The molecule has 4 aliphatic rings. The molecule has 3 atom stereocenters. The van der Waals surface area contributed by atoms with Crippen LogP contribution in [0.2, 0.25) is 0 Å². The summed E-state index contributed by atoms with van der Waals surface area (Å²) in [6.45, 7) is 0.932. The molecule has 1 aliphatic carbocycles. The van der Waals surface area contributed by atoms with E-state index in [-0.39, 0.29) is 0 Å². The summed E-state index contributed by atoms with van der Waals surface area (Å²) in [6.07, 6.45) is 4.99. The van der Waals surface area contributed by atoms with Gasteiger partial charge in [0.05, 0.1) is 12.0 Å². The third kappa shape index (κ3) is 1.51. The first-order valence-electron chi connectivity index (χ1n) is 8.23. The topological polar surface area (TPSA) is 24.2 Å². The van der Waals surface area contributed by atoms with Gasteiger partial charge in [-0.3, -0.25) is 4.79 Å². The number of benzene rings is 1. The van der Waals surface area contributed by atoms with Gasteiger partial charge in [-0.05, 0) is 12.0 Å². The van der Waals surface area contributed by atoms with Crippen LogP contribution in [-0.2, 0) is 4.79 Å². The van der Waals surface area contributed by atoms with E-state index in [0.717, 1.165) is 25.8 Å². The SMILES string of the molecule is O=C1CCCN1[C@@H]1C[C@H]2c3ccccc3[C@H]1c1cccc[n+]12. The fraction of sp³-hybridized carbons (Fsp3) is 0.368. The molecule has 3 nitrogen and oxygen atoms in total. The predicted octanol–water partition coefficient (Wildman–Crippen LogP) is 2.40. The highest BCUT2D eigenvalue weighted by molar-refractivity contribution is 5.78. The zero-order valence-corrected chi connectivity index (χ0v) is 12.5. The van der Waals surface area contributed by atoms with E-state index in [1.54, 1.807) is 0 Å². The van der Waals surface area contributed by atoms with E-state index in [2.05, 4.69) is 58.1 Å². The fourth-order valence-corrected chi connectivity index (χ4v) is 4.76. The van der Waals surface area contributed by atoms with Gasteiger partial charge in [-0.1, -0.05) is 30.3 Å². The van der Waals surface area contributed by atoms with Crippen molar-refractivity contribution in [1.82, 2.24) is 4.90 Å². The summed E-state index contributed by atoms with van der Waals surface area (Å²) in [5.74, 6) is 0.668. The molecule has 1 saturated heterocycles. The number of carbonyl (C=O) groups excluding carboxylic acids is 1.